The van der Waals surface area contributed by atoms with E-state index >= 15 is 0 Å². The fourth-order valence-electron chi connectivity index (χ4n) is 3.30. The molecule has 0 unspecified atom stereocenters. The van der Waals surface area contributed by atoms with Crippen LogP contribution in [0.5, 0.6) is 5.75 Å². The Morgan fingerprint density at radius 3 is 2.69 bits per heavy atom. The summed E-state index contributed by atoms with van der Waals surface area (Å²) in [4.78, 5) is 12.9. The summed E-state index contributed by atoms with van der Waals surface area (Å²) >= 11 is 0. The number of furan rings is 1. The fraction of sp³-hybridized carbons (Fsp3) is 0.174. The van der Waals surface area contributed by atoms with Crippen molar-refractivity contribution in [2.45, 2.75) is 20.0 Å². The predicted octanol–water partition coefficient (Wildman–Crippen LogP) is 4.75. The zero-order valence-electron chi connectivity index (χ0n) is 16.0. The molecule has 0 saturated heterocycles. The van der Waals surface area contributed by atoms with Gasteiger partial charge in [0, 0.05) is 25.2 Å². The molecule has 0 aliphatic rings. The largest absolute Gasteiger partial charge is 0.494 e. The van der Waals surface area contributed by atoms with Crippen molar-refractivity contribution in [3.63, 3.8) is 0 Å². The lowest BCUT2D eigenvalue weighted by Gasteiger charge is -2.11. The van der Waals surface area contributed by atoms with E-state index in [1.54, 1.807) is 24.5 Å². The second-order valence-corrected chi connectivity index (χ2v) is 6.68. The average molecular weight is 392 g/mol. The smallest absolute Gasteiger partial charge is 0.268 e. The fourth-order valence-corrected chi connectivity index (χ4v) is 3.30. The third-order valence-corrected chi connectivity index (χ3v) is 4.67. The molecule has 0 spiro atoms. The minimum Gasteiger partial charge on any atom is -0.494 e. The molecule has 0 bridgehead atoms. The van der Waals surface area contributed by atoms with Crippen molar-refractivity contribution < 1.29 is 18.3 Å². The van der Waals surface area contributed by atoms with Gasteiger partial charge in [-0.15, -0.1) is 0 Å². The molecule has 1 amide bonds. The predicted molar refractivity (Wildman–Crippen MR) is 108 cm³/mol. The first-order valence-electron chi connectivity index (χ1n) is 9.45. The molecule has 0 fully saturated rings. The lowest BCUT2D eigenvalue weighted by atomic mass is 10.2. The van der Waals surface area contributed by atoms with E-state index in [4.69, 9.17) is 9.15 Å². The van der Waals surface area contributed by atoms with Crippen molar-refractivity contribution in [1.29, 1.82) is 0 Å². The van der Waals surface area contributed by atoms with Crippen molar-refractivity contribution in [2.75, 3.05) is 6.61 Å². The Balaban J connectivity index is 1.53. The van der Waals surface area contributed by atoms with Crippen LogP contribution in [0, 0.1) is 5.82 Å². The van der Waals surface area contributed by atoms with Crippen molar-refractivity contribution in [2.24, 2.45) is 0 Å². The van der Waals surface area contributed by atoms with Crippen molar-refractivity contribution in [1.82, 2.24) is 9.88 Å². The van der Waals surface area contributed by atoms with Gasteiger partial charge >= 0.3 is 0 Å². The van der Waals surface area contributed by atoms with Gasteiger partial charge in [-0.05, 0) is 42.3 Å². The Morgan fingerprint density at radius 2 is 1.93 bits per heavy atom. The summed E-state index contributed by atoms with van der Waals surface area (Å²) in [6, 6.07) is 17.5. The monoisotopic (exact) mass is 392 g/mol. The number of carbonyl (C=O) groups is 1. The molecule has 0 atom stereocenters. The molecule has 148 valence electrons. The minimum atomic E-state index is -0.306. The van der Waals surface area contributed by atoms with Crippen LogP contribution in [0.1, 0.15) is 28.5 Å². The third kappa shape index (κ3) is 4.16. The number of carbonyl (C=O) groups excluding carboxylic acids is 1. The van der Waals surface area contributed by atoms with Crippen LogP contribution in [0.15, 0.2) is 71.3 Å². The van der Waals surface area contributed by atoms with E-state index in [9.17, 15) is 9.18 Å². The van der Waals surface area contributed by atoms with Gasteiger partial charge in [0.05, 0.1) is 18.4 Å². The quantitative estimate of drug-likeness (QED) is 0.494. The van der Waals surface area contributed by atoms with E-state index < -0.39 is 0 Å². The molecule has 0 aliphatic heterocycles. The number of hydrogen-bond acceptors (Lipinski definition) is 3. The highest BCUT2D eigenvalue weighted by Crippen LogP contribution is 2.23. The number of nitrogens with zero attached hydrogens (tertiary/aromatic N) is 1. The second-order valence-electron chi connectivity index (χ2n) is 6.68. The highest BCUT2D eigenvalue weighted by Gasteiger charge is 2.17. The minimum absolute atomic E-state index is 0.221. The van der Waals surface area contributed by atoms with Gasteiger partial charge in [-0.25, -0.2) is 4.39 Å². The standard InChI is InChI=1S/C23H21FN2O3/c1-2-28-19-8-6-16(7-9-19)14-25-23(27)21-13-22-20(10-11-29-22)26(21)15-17-4-3-5-18(24)12-17/h3-13H,2,14-15H2,1H3,(H,25,27). The van der Waals surface area contributed by atoms with Crippen LogP contribution in [0.2, 0.25) is 0 Å². The molecular formula is C23H21FN2O3. The zero-order chi connectivity index (χ0) is 20.2. The Hall–Kier alpha value is -3.54. The Kier molecular flexibility index (Phi) is 5.33. The van der Waals surface area contributed by atoms with Gasteiger partial charge in [0.15, 0.2) is 5.58 Å². The highest BCUT2D eigenvalue weighted by molar-refractivity contribution is 5.97. The van der Waals surface area contributed by atoms with E-state index in [0.717, 1.165) is 22.4 Å². The Bertz CT molecular complexity index is 1130. The lowest BCUT2D eigenvalue weighted by molar-refractivity contribution is 0.0942. The number of aromatic nitrogens is 1. The summed E-state index contributed by atoms with van der Waals surface area (Å²) in [6.45, 7) is 3.30. The van der Waals surface area contributed by atoms with Crippen LogP contribution in [0.4, 0.5) is 4.39 Å². The van der Waals surface area contributed by atoms with E-state index in [1.165, 1.54) is 12.1 Å². The van der Waals surface area contributed by atoms with Crippen molar-refractivity contribution in [3.05, 3.63) is 89.6 Å². The summed E-state index contributed by atoms with van der Waals surface area (Å²) in [5.74, 6) is 0.271. The van der Waals surface area contributed by atoms with Crippen LogP contribution in [0.3, 0.4) is 0 Å². The molecule has 6 heteroatoms. The van der Waals surface area contributed by atoms with Gasteiger partial charge < -0.3 is 19.0 Å². The molecule has 2 heterocycles. The van der Waals surface area contributed by atoms with Gasteiger partial charge in [0.2, 0.25) is 0 Å². The van der Waals surface area contributed by atoms with E-state index in [1.807, 2.05) is 41.8 Å². The zero-order valence-corrected chi connectivity index (χ0v) is 16.0. The molecule has 0 radical (unpaired) electrons. The van der Waals surface area contributed by atoms with Crippen LogP contribution < -0.4 is 10.1 Å². The van der Waals surface area contributed by atoms with E-state index in [-0.39, 0.29) is 11.7 Å². The summed E-state index contributed by atoms with van der Waals surface area (Å²) in [5, 5.41) is 2.94. The maximum absolute atomic E-state index is 13.6. The molecule has 0 aliphatic carbocycles. The van der Waals surface area contributed by atoms with Gasteiger partial charge in [0.1, 0.15) is 17.3 Å². The average Bonchev–Trinajstić information content (AvgIpc) is 3.30. The number of benzene rings is 2. The number of nitrogens with one attached hydrogen (secondary N) is 1. The number of fused-ring (bicyclic) bond motifs is 1. The first-order valence-corrected chi connectivity index (χ1v) is 9.45. The molecule has 2 aromatic heterocycles. The van der Waals surface area contributed by atoms with Crippen LogP contribution >= 0.6 is 0 Å². The normalized spacial score (nSPS) is 11.0. The van der Waals surface area contributed by atoms with Crippen molar-refractivity contribution >= 4 is 17.0 Å². The lowest BCUT2D eigenvalue weighted by Crippen LogP contribution is -2.25. The van der Waals surface area contributed by atoms with Crippen LogP contribution in [0.25, 0.3) is 11.1 Å². The first-order chi connectivity index (χ1) is 14.1. The van der Waals surface area contributed by atoms with Gasteiger partial charge in [-0.2, -0.15) is 0 Å². The van der Waals surface area contributed by atoms with E-state index in [2.05, 4.69) is 5.32 Å². The number of amides is 1. The SMILES string of the molecule is CCOc1ccc(CNC(=O)c2cc3occc3n2Cc2cccc(F)c2)cc1. The third-order valence-electron chi connectivity index (χ3n) is 4.67. The molecule has 0 saturated carbocycles. The summed E-state index contributed by atoms with van der Waals surface area (Å²) in [6.07, 6.45) is 1.58. The maximum atomic E-state index is 13.6. The second kappa shape index (κ2) is 8.22. The Labute approximate surface area is 167 Å². The first kappa shape index (κ1) is 18.8. The van der Waals surface area contributed by atoms with Gasteiger partial charge in [-0.1, -0.05) is 24.3 Å². The molecule has 29 heavy (non-hydrogen) atoms. The van der Waals surface area contributed by atoms with Crippen LogP contribution in [-0.4, -0.2) is 17.1 Å². The summed E-state index contributed by atoms with van der Waals surface area (Å²) in [7, 11) is 0. The number of ether oxygens (including phenoxy) is 1. The molecule has 2 aromatic carbocycles. The molecule has 4 rings (SSSR count). The van der Waals surface area contributed by atoms with E-state index in [0.29, 0.717) is 31.0 Å². The van der Waals surface area contributed by atoms with Gasteiger partial charge in [0.25, 0.3) is 5.91 Å². The number of hydrogen-bond donors (Lipinski definition) is 1. The molecule has 1 N–H and O–H groups in total. The van der Waals surface area contributed by atoms with Crippen molar-refractivity contribution in [3.8, 4) is 5.75 Å². The Morgan fingerprint density at radius 1 is 1.10 bits per heavy atom. The number of rotatable bonds is 7. The van der Waals surface area contributed by atoms with Crippen LogP contribution in [-0.2, 0) is 13.1 Å². The van der Waals surface area contributed by atoms with Gasteiger partial charge in [-0.3, -0.25) is 4.79 Å². The molecular weight excluding hydrogens is 371 g/mol. The molecule has 4 aromatic rings. The summed E-state index contributed by atoms with van der Waals surface area (Å²) in [5.41, 5.74) is 3.61. The summed E-state index contributed by atoms with van der Waals surface area (Å²) < 4.78 is 26.3. The highest BCUT2D eigenvalue weighted by atomic mass is 19.1. The number of halogens is 1. The maximum Gasteiger partial charge on any atom is 0.268 e. The molecule has 5 nitrogen and oxygen atoms in total. The topological polar surface area (TPSA) is 56.4 Å².